The molecule has 0 spiro atoms. The van der Waals surface area contributed by atoms with Crippen LogP contribution in [0.2, 0.25) is 0 Å². The highest BCUT2D eigenvalue weighted by atomic mass is 16.5. The van der Waals surface area contributed by atoms with Crippen LogP contribution in [-0.4, -0.2) is 25.7 Å². The van der Waals surface area contributed by atoms with Gasteiger partial charge in [-0.15, -0.1) is 0 Å². The van der Waals surface area contributed by atoms with Crippen LogP contribution >= 0.6 is 0 Å². The normalized spacial score (nSPS) is 13.0. The number of fused-ring (bicyclic) bond motifs is 1. The minimum absolute atomic E-state index is 0.798. The van der Waals surface area contributed by atoms with Gasteiger partial charge in [-0.05, 0) is 35.4 Å². The van der Waals surface area contributed by atoms with Crippen LogP contribution in [-0.2, 0) is 6.42 Å². The van der Waals surface area contributed by atoms with Crippen molar-refractivity contribution in [3.8, 4) is 16.9 Å². The fraction of sp³-hybridized carbons (Fsp3) is 0.267. The fourth-order valence-electron chi connectivity index (χ4n) is 2.33. The number of hydrogen-bond donors (Lipinski definition) is 0. The van der Waals surface area contributed by atoms with E-state index in [1.54, 1.807) is 0 Å². The van der Waals surface area contributed by atoms with E-state index in [-0.39, 0.29) is 0 Å². The van der Waals surface area contributed by atoms with Crippen molar-refractivity contribution in [3.05, 3.63) is 42.1 Å². The van der Waals surface area contributed by atoms with Crippen molar-refractivity contribution in [2.45, 2.75) is 6.42 Å². The smallest absolute Gasteiger partial charge is 0.135 e. The van der Waals surface area contributed by atoms with Gasteiger partial charge in [0.05, 0.1) is 6.61 Å². The minimum Gasteiger partial charge on any atom is -0.493 e. The lowest BCUT2D eigenvalue weighted by molar-refractivity contribution is 0.357. The Bertz CT molecular complexity index is 578. The van der Waals surface area contributed by atoms with Crippen LogP contribution in [0.15, 0.2) is 36.5 Å². The maximum atomic E-state index is 5.54. The monoisotopic (exact) mass is 240 g/mol. The van der Waals surface area contributed by atoms with E-state index in [0.29, 0.717) is 0 Å². The molecule has 0 bridgehead atoms. The molecule has 0 saturated carbocycles. The second-order valence-electron chi connectivity index (χ2n) is 4.69. The summed E-state index contributed by atoms with van der Waals surface area (Å²) in [6.07, 6.45) is 2.83. The highest BCUT2D eigenvalue weighted by Gasteiger charge is 2.14. The van der Waals surface area contributed by atoms with Gasteiger partial charge in [-0.2, -0.15) is 0 Å². The highest BCUT2D eigenvalue weighted by Crippen LogP contribution is 2.33. The van der Waals surface area contributed by atoms with Crippen LogP contribution in [0.25, 0.3) is 11.1 Å². The number of benzene rings is 1. The van der Waals surface area contributed by atoms with Crippen LogP contribution in [0.1, 0.15) is 5.56 Å². The Kier molecular flexibility index (Phi) is 2.67. The molecule has 0 atom stereocenters. The third kappa shape index (κ3) is 1.82. The summed E-state index contributed by atoms with van der Waals surface area (Å²) >= 11 is 0. The van der Waals surface area contributed by atoms with E-state index < -0.39 is 0 Å². The van der Waals surface area contributed by atoms with Crippen LogP contribution in [0.3, 0.4) is 0 Å². The first-order valence-corrected chi connectivity index (χ1v) is 6.14. The maximum absolute atomic E-state index is 5.54. The van der Waals surface area contributed by atoms with Gasteiger partial charge in [0.1, 0.15) is 11.6 Å². The van der Waals surface area contributed by atoms with E-state index in [1.165, 1.54) is 11.1 Å². The number of rotatable bonds is 2. The van der Waals surface area contributed by atoms with Crippen molar-refractivity contribution in [1.29, 1.82) is 0 Å². The van der Waals surface area contributed by atoms with E-state index in [4.69, 9.17) is 4.74 Å². The molecule has 2 heterocycles. The largest absolute Gasteiger partial charge is 0.493 e. The number of pyridine rings is 1. The molecular formula is C15H16N2O. The van der Waals surface area contributed by atoms with E-state index in [2.05, 4.69) is 29.2 Å². The average molecular weight is 240 g/mol. The molecule has 1 aromatic carbocycles. The molecule has 3 heteroatoms. The molecule has 0 amide bonds. The second kappa shape index (κ2) is 4.33. The van der Waals surface area contributed by atoms with Crippen LogP contribution < -0.4 is 9.64 Å². The van der Waals surface area contributed by atoms with E-state index in [9.17, 15) is 0 Å². The molecule has 0 unspecified atom stereocenters. The Morgan fingerprint density at radius 3 is 2.94 bits per heavy atom. The Morgan fingerprint density at radius 1 is 1.22 bits per heavy atom. The lowest BCUT2D eigenvalue weighted by Gasteiger charge is -2.16. The quantitative estimate of drug-likeness (QED) is 0.807. The topological polar surface area (TPSA) is 25.4 Å². The van der Waals surface area contributed by atoms with Crippen LogP contribution in [0, 0.1) is 0 Å². The van der Waals surface area contributed by atoms with Crippen LogP contribution in [0.4, 0.5) is 5.82 Å². The first kappa shape index (κ1) is 11.1. The molecule has 92 valence electrons. The minimum atomic E-state index is 0.798. The molecule has 0 radical (unpaired) electrons. The standard InChI is InChI=1S/C15H16N2O/c1-17(2)15-13(4-3-8-16-15)11-5-6-14-12(10-11)7-9-18-14/h3-6,8,10H,7,9H2,1-2H3. The number of hydrogen-bond acceptors (Lipinski definition) is 3. The van der Waals surface area contributed by atoms with Gasteiger partial charge in [0, 0.05) is 32.3 Å². The fourth-order valence-corrected chi connectivity index (χ4v) is 2.33. The molecule has 3 nitrogen and oxygen atoms in total. The van der Waals surface area contributed by atoms with Crippen molar-refractivity contribution in [1.82, 2.24) is 4.98 Å². The molecule has 1 aromatic heterocycles. The van der Waals surface area contributed by atoms with Gasteiger partial charge in [0.2, 0.25) is 0 Å². The van der Waals surface area contributed by atoms with Gasteiger partial charge in [-0.25, -0.2) is 4.98 Å². The summed E-state index contributed by atoms with van der Waals surface area (Å²) in [5.74, 6) is 2.02. The highest BCUT2D eigenvalue weighted by molar-refractivity contribution is 5.76. The number of aromatic nitrogens is 1. The number of nitrogens with zero attached hydrogens (tertiary/aromatic N) is 2. The van der Waals surface area contributed by atoms with Crippen molar-refractivity contribution < 1.29 is 4.74 Å². The molecule has 0 saturated heterocycles. The van der Waals surface area contributed by atoms with Gasteiger partial charge < -0.3 is 9.64 Å². The van der Waals surface area contributed by atoms with Gasteiger partial charge >= 0.3 is 0 Å². The zero-order chi connectivity index (χ0) is 12.5. The molecule has 0 aliphatic carbocycles. The maximum Gasteiger partial charge on any atom is 0.135 e. The Balaban J connectivity index is 2.10. The lowest BCUT2D eigenvalue weighted by Crippen LogP contribution is -2.11. The Hall–Kier alpha value is -2.03. The van der Waals surface area contributed by atoms with Gasteiger partial charge in [0.25, 0.3) is 0 Å². The van der Waals surface area contributed by atoms with Gasteiger partial charge in [-0.1, -0.05) is 6.07 Å². The van der Waals surface area contributed by atoms with Gasteiger partial charge in [-0.3, -0.25) is 0 Å². The molecule has 0 fully saturated rings. The van der Waals surface area contributed by atoms with E-state index in [0.717, 1.165) is 30.2 Å². The summed E-state index contributed by atoms with van der Waals surface area (Å²) in [4.78, 5) is 6.48. The molecule has 1 aliphatic rings. The summed E-state index contributed by atoms with van der Waals surface area (Å²) < 4.78 is 5.54. The summed E-state index contributed by atoms with van der Waals surface area (Å²) in [7, 11) is 4.03. The molecule has 3 rings (SSSR count). The average Bonchev–Trinajstić information content (AvgIpc) is 2.85. The summed E-state index contributed by atoms with van der Waals surface area (Å²) in [5, 5.41) is 0. The molecular weight excluding hydrogens is 224 g/mol. The number of anilines is 1. The zero-order valence-electron chi connectivity index (χ0n) is 10.7. The summed E-state index contributed by atoms with van der Waals surface area (Å²) in [6, 6.07) is 10.5. The summed E-state index contributed by atoms with van der Waals surface area (Å²) in [5.41, 5.74) is 3.66. The third-order valence-electron chi connectivity index (χ3n) is 3.21. The first-order chi connectivity index (χ1) is 8.75. The van der Waals surface area contributed by atoms with Crippen molar-refractivity contribution in [3.63, 3.8) is 0 Å². The second-order valence-corrected chi connectivity index (χ2v) is 4.69. The number of ether oxygens (including phenoxy) is 1. The Morgan fingerprint density at radius 2 is 2.11 bits per heavy atom. The third-order valence-corrected chi connectivity index (χ3v) is 3.21. The van der Waals surface area contributed by atoms with Gasteiger partial charge in [0.15, 0.2) is 0 Å². The van der Waals surface area contributed by atoms with E-state index in [1.807, 2.05) is 31.3 Å². The molecule has 1 aliphatic heterocycles. The predicted molar refractivity (Wildman–Crippen MR) is 73.2 cm³/mol. The van der Waals surface area contributed by atoms with E-state index >= 15 is 0 Å². The molecule has 2 aromatic rings. The first-order valence-electron chi connectivity index (χ1n) is 6.14. The van der Waals surface area contributed by atoms with Crippen LogP contribution in [0.5, 0.6) is 5.75 Å². The Labute approximate surface area is 107 Å². The molecule has 18 heavy (non-hydrogen) atoms. The molecule has 0 N–H and O–H groups in total. The predicted octanol–water partition coefficient (Wildman–Crippen LogP) is 2.75. The summed E-state index contributed by atoms with van der Waals surface area (Å²) in [6.45, 7) is 0.798. The SMILES string of the molecule is CN(C)c1ncccc1-c1ccc2c(c1)CCO2. The van der Waals surface area contributed by atoms with Crippen molar-refractivity contribution in [2.24, 2.45) is 0 Å². The zero-order valence-corrected chi connectivity index (χ0v) is 10.7. The lowest BCUT2D eigenvalue weighted by atomic mass is 10.0. The van der Waals surface area contributed by atoms with Crippen molar-refractivity contribution >= 4 is 5.82 Å². The van der Waals surface area contributed by atoms with Crippen molar-refractivity contribution in [2.75, 3.05) is 25.6 Å².